The molecule has 0 radical (unpaired) electrons. The normalized spacial score (nSPS) is 12.1. The molecule has 4 nitrogen and oxygen atoms in total. The summed E-state index contributed by atoms with van der Waals surface area (Å²) >= 11 is 0. The summed E-state index contributed by atoms with van der Waals surface area (Å²) in [4.78, 5) is 21.2. The third-order valence-corrected chi connectivity index (χ3v) is 2.44. The van der Waals surface area contributed by atoms with Gasteiger partial charge in [0.15, 0.2) is 0 Å². The standard InChI is InChI=1S/C12H22O4/c1-3-5-6-7-9-10(8-4-2)16-12(15)11(13)14/h10H,3-9H2,1-2H3,(H,13,14). The Hall–Kier alpha value is -1.06. The second-order valence-corrected chi connectivity index (χ2v) is 3.97. The Morgan fingerprint density at radius 2 is 1.75 bits per heavy atom. The predicted molar refractivity (Wildman–Crippen MR) is 61.2 cm³/mol. The molecule has 0 aliphatic rings. The van der Waals surface area contributed by atoms with Gasteiger partial charge in [0.05, 0.1) is 0 Å². The smallest absolute Gasteiger partial charge is 0.417 e. The Labute approximate surface area is 97.0 Å². The fourth-order valence-corrected chi connectivity index (χ4v) is 1.58. The van der Waals surface area contributed by atoms with E-state index in [1.165, 1.54) is 6.42 Å². The van der Waals surface area contributed by atoms with Crippen molar-refractivity contribution in [3.63, 3.8) is 0 Å². The minimum absolute atomic E-state index is 0.231. The lowest BCUT2D eigenvalue weighted by Gasteiger charge is -2.15. The molecule has 0 rings (SSSR count). The van der Waals surface area contributed by atoms with Crippen molar-refractivity contribution in [2.45, 2.75) is 64.9 Å². The first kappa shape index (κ1) is 14.9. The van der Waals surface area contributed by atoms with Crippen molar-refractivity contribution in [1.82, 2.24) is 0 Å². The fraction of sp³-hybridized carbons (Fsp3) is 0.833. The van der Waals surface area contributed by atoms with Crippen LogP contribution in [0.2, 0.25) is 0 Å². The Morgan fingerprint density at radius 1 is 1.06 bits per heavy atom. The van der Waals surface area contributed by atoms with E-state index in [4.69, 9.17) is 9.84 Å². The van der Waals surface area contributed by atoms with E-state index in [9.17, 15) is 9.59 Å². The Kier molecular flexibility index (Phi) is 8.58. The molecule has 0 aromatic heterocycles. The van der Waals surface area contributed by atoms with Crippen molar-refractivity contribution in [3.05, 3.63) is 0 Å². The Morgan fingerprint density at radius 3 is 2.25 bits per heavy atom. The summed E-state index contributed by atoms with van der Waals surface area (Å²) in [6.45, 7) is 4.13. The fourth-order valence-electron chi connectivity index (χ4n) is 1.58. The number of hydrogen-bond donors (Lipinski definition) is 1. The molecule has 0 aliphatic heterocycles. The molecule has 0 saturated carbocycles. The van der Waals surface area contributed by atoms with Crippen LogP contribution in [0.5, 0.6) is 0 Å². The lowest BCUT2D eigenvalue weighted by atomic mass is 10.1. The van der Waals surface area contributed by atoms with E-state index in [0.717, 1.165) is 38.5 Å². The number of carbonyl (C=O) groups excluding carboxylic acids is 1. The van der Waals surface area contributed by atoms with Gasteiger partial charge >= 0.3 is 11.9 Å². The van der Waals surface area contributed by atoms with Crippen LogP contribution in [0.4, 0.5) is 0 Å². The summed E-state index contributed by atoms with van der Waals surface area (Å²) in [5.41, 5.74) is 0. The van der Waals surface area contributed by atoms with E-state index in [2.05, 4.69) is 6.92 Å². The number of carboxylic acids is 1. The van der Waals surface area contributed by atoms with Gasteiger partial charge in [-0.05, 0) is 19.3 Å². The number of hydrogen-bond acceptors (Lipinski definition) is 3. The van der Waals surface area contributed by atoms with Crippen LogP contribution in [0, 0.1) is 0 Å². The van der Waals surface area contributed by atoms with Crippen molar-refractivity contribution in [2.24, 2.45) is 0 Å². The lowest BCUT2D eigenvalue weighted by molar-refractivity contribution is -0.167. The zero-order valence-electron chi connectivity index (χ0n) is 10.2. The molecule has 1 unspecified atom stereocenters. The van der Waals surface area contributed by atoms with Gasteiger partial charge in [-0.1, -0.05) is 39.5 Å². The van der Waals surface area contributed by atoms with Gasteiger partial charge in [0, 0.05) is 0 Å². The maximum absolute atomic E-state index is 10.9. The average Bonchev–Trinajstić information content (AvgIpc) is 2.24. The van der Waals surface area contributed by atoms with E-state index >= 15 is 0 Å². The van der Waals surface area contributed by atoms with Gasteiger partial charge in [-0.25, -0.2) is 9.59 Å². The van der Waals surface area contributed by atoms with E-state index in [0.29, 0.717) is 0 Å². The van der Waals surface area contributed by atoms with Crippen molar-refractivity contribution in [2.75, 3.05) is 0 Å². The van der Waals surface area contributed by atoms with Gasteiger partial charge in [0.25, 0.3) is 0 Å². The van der Waals surface area contributed by atoms with Gasteiger partial charge in [0.2, 0.25) is 0 Å². The SMILES string of the molecule is CCCCCCC(CCC)OC(=O)C(=O)O. The molecular formula is C12H22O4. The highest BCUT2D eigenvalue weighted by molar-refractivity contribution is 6.28. The number of carbonyl (C=O) groups is 2. The van der Waals surface area contributed by atoms with Crippen molar-refractivity contribution < 1.29 is 19.4 Å². The van der Waals surface area contributed by atoms with Crippen LogP contribution in [0.1, 0.15) is 58.8 Å². The summed E-state index contributed by atoms with van der Waals surface area (Å²) in [6.07, 6.45) is 6.61. The number of rotatable bonds is 8. The molecular weight excluding hydrogens is 208 g/mol. The minimum atomic E-state index is -1.50. The molecule has 0 amide bonds. The van der Waals surface area contributed by atoms with Crippen LogP contribution in [0.3, 0.4) is 0 Å². The highest BCUT2D eigenvalue weighted by Crippen LogP contribution is 2.13. The molecule has 1 N–H and O–H groups in total. The topological polar surface area (TPSA) is 63.6 Å². The van der Waals surface area contributed by atoms with E-state index in [-0.39, 0.29) is 6.10 Å². The number of carboxylic acid groups (broad SMARTS) is 1. The number of esters is 1. The molecule has 0 heterocycles. The van der Waals surface area contributed by atoms with Crippen LogP contribution in [0.25, 0.3) is 0 Å². The van der Waals surface area contributed by atoms with E-state index in [1.54, 1.807) is 0 Å². The summed E-state index contributed by atoms with van der Waals surface area (Å²) < 4.78 is 4.89. The molecule has 0 aromatic rings. The number of aliphatic carboxylic acids is 1. The molecule has 4 heteroatoms. The van der Waals surface area contributed by atoms with Gasteiger partial charge < -0.3 is 9.84 Å². The van der Waals surface area contributed by atoms with Gasteiger partial charge in [-0.15, -0.1) is 0 Å². The summed E-state index contributed by atoms with van der Waals surface area (Å²) in [5, 5.41) is 8.43. The maximum atomic E-state index is 10.9. The van der Waals surface area contributed by atoms with E-state index in [1.807, 2.05) is 6.92 Å². The van der Waals surface area contributed by atoms with Gasteiger partial charge in [-0.3, -0.25) is 0 Å². The highest BCUT2D eigenvalue weighted by Gasteiger charge is 2.18. The third kappa shape index (κ3) is 7.26. The molecule has 0 aromatic carbocycles. The first-order valence-electron chi connectivity index (χ1n) is 6.05. The van der Waals surface area contributed by atoms with Crippen molar-refractivity contribution in [1.29, 1.82) is 0 Å². The molecule has 0 bridgehead atoms. The monoisotopic (exact) mass is 230 g/mol. The van der Waals surface area contributed by atoms with Crippen LogP contribution in [0.15, 0.2) is 0 Å². The zero-order chi connectivity index (χ0) is 12.4. The Balaban J connectivity index is 3.87. The highest BCUT2D eigenvalue weighted by atomic mass is 16.6. The zero-order valence-corrected chi connectivity index (χ0v) is 10.2. The van der Waals surface area contributed by atoms with Crippen molar-refractivity contribution >= 4 is 11.9 Å². The van der Waals surface area contributed by atoms with Crippen LogP contribution in [-0.4, -0.2) is 23.1 Å². The third-order valence-electron chi connectivity index (χ3n) is 2.44. The van der Waals surface area contributed by atoms with Crippen LogP contribution >= 0.6 is 0 Å². The summed E-state index contributed by atoms with van der Waals surface area (Å²) in [5.74, 6) is -2.64. The molecule has 0 spiro atoms. The average molecular weight is 230 g/mol. The maximum Gasteiger partial charge on any atom is 0.417 e. The first-order valence-corrected chi connectivity index (χ1v) is 6.05. The molecule has 0 saturated heterocycles. The van der Waals surface area contributed by atoms with Crippen molar-refractivity contribution in [3.8, 4) is 0 Å². The minimum Gasteiger partial charge on any atom is -0.473 e. The Bertz CT molecular complexity index is 213. The second-order valence-electron chi connectivity index (χ2n) is 3.97. The number of unbranched alkanes of at least 4 members (excludes halogenated alkanes) is 3. The molecule has 94 valence electrons. The summed E-state index contributed by atoms with van der Waals surface area (Å²) in [7, 11) is 0. The molecule has 0 fully saturated rings. The van der Waals surface area contributed by atoms with Gasteiger partial charge in [0.1, 0.15) is 6.10 Å². The van der Waals surface area contributed by atoms with Gasteiger partial charge in [-0.2, -0.15) is 0 Å². The number of ether oxygens (including phenoxy) is 1. The largest absolute Gasteiger partial charge is 0.473 e. The first-order chi connectivity index (χ1) is 7.61. The van der Waals surface area contributed by atoms with E-state index < -0.39 is 11.9 Å². The molecule has 16 heavy (non-hydrogen) atoms. The molecule has 1 atom stereocenters. The predicted octanol–water partition coefficient (Wildman–Crippen LogP) is 2.75. The second kappa shape index (κ2) is 9.19. The molecule has 0 aliphatic carbocycles. The quantitative estimate of drug-likeness (QED) is 0.395. The summed E-state index contributed by atoms with van der Waals surface area (Å²) in [6, 6.07) is 0. The van der Waals surface area contributed by atoms with Crippen LogP contribution < -0.4 is 0 Å². The van der Waals surface area contributed by atoms with Crippen LogP contribution in [-0.2, 0) is 14.3 Å². The lowest BCUT2D eigenvalue weighted by Crippen LogP contribution is -2.24.